The van der Waals surface area contributed by atoms with Gasteiger partial charge in [0.15, 0.2) is 5.78 Å². The van der Waals surface area contributed by atoms with Crippen LogP contribution in [0.1, 0.15) is 59.2 Å². The van der Waals surface area contributed by atoms with Gasteiger partial charge in [-0.1, -0.05) is 35.8 Å². The van der Waals surface area contributed by atoms with Crippen LogP contribution < -0.4 is 0 Å². The summed E-state index contributed by atoms with van der Waals surface area (Å²) in [5, 5.41) is 20.2. The lowest BCUT2D eigenvalue weighted by Crippen LogP contribution is -2.46. The maximum Gasteiger partial charge on any atom is 0.173 e. The van der Waals surface area contributed by atoms with Gasteiger partial charge in [0.25, 0.3) is 0 Å². The quantitative estimate of drug-likeness (QED) is 0.650. The molecule has 1 fully saturated rings. The number of ketones is 1. The van der Waals surface area contributed by atoms with E-state index in [0.717, 1.165) is 53.5 Å². The molecule has 2 unspecified atom stereocenters. The summed E-state index contributed by atoms with van der Waals surface area (Å²) >= 11 is 0. The van der Waals surface area contributed by atoms with Gasteiger partial charge in [0.05, 0.1) is 17.6 Å². The van der Waals surface area contributed by atoms with Gasteiger partial charge in [-0.3, -0.25) is 4.79 Å². The minimum atomic E-state index is -0.855. The van der Waals surface area contributed by atoms with E-state index in [1.807, 2.05) is 20.8 Å². The molecule has 3 nitrogen and oxygen atoms in total. The Morgan fingerprint density at radius 3 is 2.43 bits per heavy atom. The van der Waals surface area contributed by atoms with Gasteiger partial charge in [-0.15, -0.1) is 0 Å². The third kappa shape index (κ3) is 2.66. The molecule has 3 rings (SSSR count). The van der Waals surface area contributed by atoms with E-state index in [0.29, 0.717) is 6.42 Å². The van der Waals surface area contributed by atoms with Gasteiger partial charge < -0.3 is 10.2 Å². The first-order valence-corrected chi connectivity index (χ1v) is 8.55. The number of Topliss-reactive ketones (excluding diaryl/α,β-unsaturated/α-hetero) is 1. The van der Waals surface area contributed by atoms with Crippen LogP contribution in [0.25, 0.3) is 0 Å². The van der Waals surface area contributed by atoms with Crippen LogP contribution in [-0.4, -0.2) is 28.2 Å². The summed E-state index contributed by atoms with van der Waals surface area (Å²) in [7, 11) is 0. The van der Waals surface area contributed by atoms with E-state index in [1.165, 1.54) is 0 Å². The molecule has 0 amide bonds. The summed E-state index contributed by atoms with van der Waals surface area (Å²) in [4.78, 5) is 13.5. The second-order valence-electron chi connectivity index (χ2n) is 7.35. The van der Waals surface area contributed by atoms with Crippen molar-refractivity contribution in [2.24, 2.45) is 5.41 Å². The van der Waals surface area contributed by atoms with Crippen LogP contribution in [0, 0.1) is 26.2 Å². The van der Waals surface area contributed by atoms with Crippen molar-refractivity contribution < 1.29 is 15.0 Å². The van der Waals surface area contributed by atoms with E-state index in [-0.39, 0.29) is 5.78 Å². The number of hydrogen-bond donors (Lipinski definition) is 2. The summed E-state index contributed by atoms with van der Waals surface area (Å²) in [6.45, 7) is 6.02. The maximum absolute atomic E-state index is 13.5. The Kier molecular flexibility index (Phi) is 4.19. The van der Waals surface area contributed by atoms with Crippen LogP contribution in [0.4, 0.5) is 0 Å². The van der Waals surface area contributed by atoms with E-state index in [2.05, 4.69) is 12.1 Å². The monoisotopic (exact) mass is 314 g/mol. The smallest absolute Gasteiger partial charge is 0.173 e. The van der Waals surface area contributed by atoms with Crippen molar-refractivity contribution in [2.45, 2.75) is 65.1 Å². The second-order valence-corrected chi connectivity index (χ2v) is 7.35. The van der Waals surface area contributed by atoms with Crippen molar-refractivity contribution in [1.29, 1.82) is 0 Å². The average molecular weight is 314 g/mol. The third-order valence-electron chi connectivity index (χ3n) is 5.58. The molecule has 3 heteroatoms. The third-order valence-corrected chi connectivity index (χ3v) is 5.58. The fourth-order valence-corrected chi connectivity index (χ4v) is 4.54. The first-order valence-electron chi connectivity index (χ1n) is 8.55. The van der Waals surface area contributed by atoms with Gasteiger partial charge >= 0.3 is 0 Å². The molecule has 0 aromatic heterocycles. The predicted molar refractivity (Wildman–Crippen MR) is 90.6 cm³/mol. The summed E-state index contributed by atoms with van der Waals surface area (Å²) in [5.41, 5.74) is 4.38. The summed E-state index contributed by atoms with van der Waals surface area (Å²) < 4.78 is 0. The number of rotatable bonds is 2. The zero-order valence-electron chi connectivity index (χ0n) is 14.2. The van der Waals surface area contributed by atoms with E-state index >= 15 is 0 Å². The fraction of sp³-hybridized carbons (Fsp3) is 0.550. The Labute approximate surface area is 138 Å². The molecule has 1 saturated carbocycles. The number of aliphatic hydroxyl groups is 2. The molecule has 124 valence electrons. The van der Waals surface area contributed by atoms with Crippen LogP contribution in [-0.2, 0) is 0 Å². The molecule has 0 heterocycles. The number of aliphatic hydroxyl groups excluding tert-OH is 2. The van der Waals surface area contributed by atoms with Crippen molar-refractivity contribution in [2.75, 3.05) is 0 Å². The largest absolute Gasteiger partial charge is 0.390 e. The Balaban J connectivity index is 2.11. The van der Waals surface area contributed by atoms with Gasteiger partial charge in [0, 0.05) is 5.56 Å². The lowest BCUT2D eigenvalue weighted by molar-refractivity contribution is 0.00237. The van der Waals surface area contributed by atoms with E-state index in [9.17, 15) is 15.0 Å². The molecule has 0 bridgehead atoms. The maximum atomic E-state index is 13.5. The van der Waals surface area contributed by atoms with E-state index < -0.39 is 17.6 Å². The van der Waals surface area contributed by atoms with E-state index in [1.54, 1.807) is 6.08 Å². The first kappa shape index (κ1) is 16.4. The van der Waals surface area contributed by atoms with Crippen molar-refractivity contribution in [3.8, 4) is 0 Å². The highest BCUT2D eigenvalue weighted by Crippen LogP contribution is 2.50. The molecule has 2 N–H and O–H groups in total. The van der Waals surface area contributed by atoms with Crippen molar-refractivity contribution in [3.63, 3.8) is 0 Å². The number of allylic oxidation sites excluding steroid dienone is 1. The molecule has 3 atom stereocenters. The number of aryl methyl sites for hydroxylation is 3. The van der Waals surface area contributed by atoms with Gasteiger partial charge in [-0.05, 0) is 57.6 Å². The Morgan fingerprint density at radius 2 is 1.78 bits per heavy atom. The molecule has 0 aliphatic heterocycles. The van der Waals surface area contributed by atoms with Crippen LogP contribution >= 0.6 is 0 Å². The second kappa shape index (κ2) is 5.88. The minimum Gasteiger partial charge on any atom is -0.390 e. The van der Waals surface area contributed by atoms with Crippen molar-refractivity contribution in [3.05, 3.63) is 46.0 Å². The summed E-state index contributed by atoms with van der Waals surface area (Å²) in [6, 6.07) is 4.11. The molecule has 2 aliphatic rings. The van der Waals surface area contributed by atoms with Crippen LogP contribution in [0.5, 0.6) is 0 Å². The molecule has 0 saturated heterocycles. The minimum absolute atomic E-state index is 0.129. The summed E-state index contributed by atoms with van der Waals surface area (Å²) in [5.74, 6) is 0.129. The molecule has 2 aliphatic carbocycles. The number of fused-ring (bicyclic) bond motifs is 1. The number of hydrogen-bond acceptors (Lipinski definition) is 3. The van der Waals surface area contributed by atoms with Gasteiger partial charge in [0.1, 0.15) is 0 Å². The molecule has 1 aromatic rings. The molecule has 0 radical (unpaired) electrons. The Bertz CT molecular complexity index is 650. The highest BCUT2D eigenvalue weighted by atomic mass is 16.3. The van der Waals surface area contributed by atoms with Gasteiger partial charge in [0.2, 0.25) is 0 Å². The van der Waals surface area contributed by atoms with Crippen LogP contribution in [0.3, 0.4) is 0 Å². The highest BCUT2D eigenvalue weighted by Gasteiger charge is 2.48. The first-order chi connectivity index (χ1) is 10.8. The highest BCUT2D eigenvalue weighted by molar-refractivity contribution is 6.05. The topological polar surface area (TPSA) is 57.5 Å². The van der Waals surface area contributed by atoms with Gasteiger partial charge in [-0.2, -0.15) is 0 Å². The number of carbonyl (C=O) groups excluding carboxylic acids is 1. The number of carbonyl (C=O) groups is 1. The fourth-order valence-electron chi connectivity index (χ4n) is 4.54. The predicted octanol–water partition coefficient (Wildman–Crippen LogP) is 3.41. The SMILES string of the molecule is Cc1cc(C)c(C(=O)[C@@]23CCCCC2=CC(O)C(O)C3)c(C)c1. The Hall–Kier alpha value is -1.45. The standard InChI is InChI=1S/C20H26O3/c1-12-8-13(2)18(14(3)9-12)19(23)20-7-5-4-6-15(20)10-16(21)17(22)11-20/h8-10,16-17,21-22H,4-7,11H2,1-3H3/t16?,17?,20-/m1/s1. The molecule has 23 heavy (non-hydrogen) atoms. The zero-order valence-corrected chi connectivity index (χ0v) is 14.2. The van der Waals surface area contributed by atoms with E-state index in [4.69, 9.17) is 0 Å². The normalized spacial score (nSPS) is 30.6. The van der Waals surface area contributed by atoms with Crippen LogP contribution in [0.15, 0.2) is 23.8 Å². The molecule has 0 spiro atoms. The summed E-state index contributed by atoms with van der Waals surface area (Å²) in [6.07, 6.45) is 4.05. The zero-order chi connectivity index (χ0) is 16.8. The molecule has 1 aromatic carbocycles. The lowest BCUT2D eigenvalue weighted by atomic mass is 9.60. The Morgan fingerprint density at radius 1 is 1.13 bits per heavy atom. The molecular weight excluding hydrogens is 288 g/mol. The average Bonchev–Trinajstić information content (AvgIpc) is 2.47. The van der Waals surface area contributed by atoms with Crippen molar-refractivity contribution >= 4 is 5.78 Å². The van der Waals surface area contributed by atoms with Crippen molar-refractivity contribution in [1.82, 2.24) is 0 Å². The molecular formula is C20H26O3. The van der Waals surface area contributed by atoms with Gasteiger partial charge in [-0.25, -0.2) is 0 Å². The van der Waals surface area contributed by atoms with Crippen LogP contribution in [0.2, 0.25) is 0 Å². The lowest BCUT2D eigenvalue weighted by Gasteiger charge is -2.44. The number of benzene rings is 1.